The summed E-state index contributed by atoms with van der Waals surface area (Å²) >= 11 is 5.77. The molecule has 5 nitrogen and oxygen atoms in total. The van der Waals surface area contributed by atoms with E-state index in [0.717, 1.165) is 12.3 Å². The van der Waals surface area contributed by atoms with Crippen molar-refractivity contribution in [3.63, 3.8) is 0 Å². The van der Waals surface area contributed by atoms with Crippen LogP contribution in [-0.4, -0.2) is 30.8 Å². The predicted octanol–water partition coefficient (Wildman–Crippen LogP) is 1.99. The summed E-state index contributed by atoms with van der Waals surface area (Å²) in [4.78, 5) is 4.15. The van der Waals surface area contributed by atoms with Gasteiger partial charge in [-0.2, -0.15) is 0 Å². The van der Waals surface area contributed by atoms with Crippen molar-refractivity contribution in [2.75, 3.05) is 12.8 Å². The molecule has 0 fully saturated rings. The Kier molecular flexibility index (Phi) is 4.80. The third-order valence-corrected chi connectivity index (χ3v) is 3.89. The number of imidazole rings is 1. The van der Waals surface area contributed by atoms with Crippen molar-refractivity contribution >= 4 is 32.7 Å². The minimum absolute atomic E-state index is 0.0463. The van der Waals surface area contributed by atoms with E-state index in [1.54, 1.807) is 0 Å². The van der Waals surface area contributed by atoms with Crippen molar-refractivity contribution in [2.24, 2.45) is 0 Å². The second-order valence-electron chi connectivity index (χ2n) is 4.56. The number of aryl methyl sites for hydroxylation is 1. The van der Waals surface area contributed by atoms with Gasteiger partial charge in [0.05, 0.1) is 17.7 Å². The number of nitrogens with one attached hydrogen (secondary N) is 1. The van der Waals surface area contributed by atoms with E-state index in [4.69, 9.17) is 11.6 Å². The molecule has 2 aromatic rings. The van der Waals surface area contributed by atoms with Crippen LogP contribution in [0.1, 0.15) is 12.2 Å². The standard InChI is InChI=1S/C12H14ClF2N3O2S/c1-21(19,20)16-5-2-6-18-10(7-13)17-9-4-3-8(14)11(15)12(9)18/h3-4,16H,2,5-7H2,1H3. The monoisotopic (exact) mass is 337 g/mol. The Balaban J connectivity index is 2.27. The van der Waals surface area contributed by atoms with Crippen LogP contribution in [0.5, 0.6) is 0 Å². The average molecular weight is 338 g/mol. The van der Waals surface area contributed by atoms with Crippen molar-refractivity contribution in [3.05, 3.63) is 29.6 Å². The molecule has 0 saturated carbocycles. The Morgan fingerprint density at radius 1 is 1.38 bits per heavy atom. The number of rotatable bonds is 6. The molecular weight excluding hydrogens is 324 g/mol. The highest BCUT2D eigenvalue weighted by Crippen LogP contribution is 2.23. The lowest BCUT2D eigenvalue weighted by atomic mass is 10.3. The molecule has 1 aromatic carbocycles. The maximum absolute atomic E-state index is 13.9. The van der Waals surface area contributed by atoms with E-state index >= 15 is 0 Å². The van der Waals surface area contributed by atoms with Gasteiger partial charge in [0.2, 0.25) is 10.0 Å². The number of hydrogen-bond donors (Lipinski definition) is 1. The molecule has 0 aliphatic rings. The zero-order chi connectivity index (χ0) is 15.6. The van der Waals surface area contributed by atoms with Gasteiger partial charge in [0.15, 0.2) is 11.6 Å². The Bertz CT molecular complexity index is 761. The topological polar surface area (TPSA) is 64.0 Å². The van der Waals surface area contributed by atoms with Crippen LogP contribution in [0.2, 0.25) is 0 Å². The minimum Gasteiger partial charge on any atom is -0.324 e. The number of fused-ring (bicyclic) bond motifs is 1. The zero-order valence-corrected chi connectivity index (χ0v) is 12.8. The molecule has 116 valence electrons. The number of hydrogen-bond acceptors (Lipinski definition) is 3. The number of sulfonamides is 1. The first-order valence-electron chi connectivity index (χ1n) is 6.17. The number of alkyl halides is 1. The van der Waals surface area contributed by atoms with E-state index in [9.17, 15) is 17.2 Å². The predicted molar refractivity (Wildman–Crippen MR) is 76.7 cm³/mol. The fourth-order valence-electron chi connectivity index (χ4n) is 2.04. The molecule has 0 radical (unpaired) electrons. The molecule has 0 aliphatic heterocycles. The fourth-order valence-corrected chi connectivity index (χ4v) is 2.76. The second-order valence-corrected chi connectivity index (χ2v) is 6.66. The second kappa shape index (κ2) is 6.25. The van der Waals surface area contributed by atoms with Crippen LogP contribution < -0.4 is 4.72 Å². The average Bonchev–Trinajstić information content (AvgIpc) is 2.76. The molecule has 9 heteroatoms. The van der Waals surface area contributed by atoms with E-state index < -0.39 is 21.7 Å². The van der Waals surface area contributed by atoms with E-state index in [-0.39, 0.29) is 24.5 Å². The van der Waals surface area contributed by atoms with Gasteiger partial charge >= 0.3 is 0 Å². The lowest BCUT2D eigenvalue weighted by Gasteiger charge is -2.08. The Morgan fingerprint density at radius 2 is 2.10 bits per heavy atom. The molecule has 2 rings (SSSR count). The van der Waals surface area contributed by atoms with E-state index in [0.29, 0.717) is 17.8 Å². The summed E-state index contributed by atoms with van der Waals surface area (Å²) in [5.41, 5.74) is 0.366. The molecule has 0 unspecified atom stereocenters. The van der Waals surface area contributed by atoms with Crippen molar-refractivity contribution in [1.29, 1.82) is 0 Å². The fraction of sp³-hybridized carbons (Fsp3) is 0.417. The highest BCUT2D eigenvalue weighted by molar-refractivity contribution is 7.88. The third-order valence-electron chi connectivity index (χ3n) is 2.92. The summed E-state index contributed by atoms with van der Waals surface area (Å²) in [5, 5.41) is 0. The summed E-state index contributed by atoms with van der Waals surface area (Å²) in [6, 6.07) is 2.40. The van der Waals surface area contributed by atoms with Gasteiger partial charge in [-0.05, 0) is 18.6 Å². The van der Waals surface area contributed by atoms with Gasteiger partial charge in [-0.3, -0.25) is 0 Å². The van der Waals surface area contributed by atoms with Crippen LogP contribution >= 0.6 is 11.6 Å². The van der Waals surface area contributed by atoms with Crippen molar-refractivity contribution in [1.82, 2.24) is 14.3 Å². The van der Waals surface area contributed by atoms with E-state index in [1.807, 2.05) is 0 Å². The van der Waals surface area contributed by atoms with Crippen molar-refractivity contribution in [2.45, 2.75) is 18.8 Å². The van der Waals surface area contributed by atoms with Gasteiger partial charge in [-0.1, -0.05) is 0 Å². The summed E-state index contributed by atoms with van der Waals surface area (Å²) in [5.74, 6) is -1.48. The van der Waals surface area contributed by atoms with Gasteiger partial charge in [0.1, 0.15) is 11.3 Å². The summed E-state index contributed by atoms with van der Waals surface area (Å²) in [7, 11) is -3.27. The molecule has 0 bridgehead atoms. The van der Waals surface area contributed by atoms with E-state index in [2.05, 4.69) is 9.71 Å². The highest BCUT2D eigenvalue weighted by Gasteiger charge is 2.16. The first kappa shape index (κ1) is 16.1. The molecule has 0 saturated heterocycles. The molecule has 0 amide bonds. The molecule has 1 heterocycles. The van der Waals surface area contributed by atoms with Gasteiger partial charge in [0.25, 0.3) is 0 Å². The number of halogens is 3. The van der Waals surface area contributed by atoms with Gasteiger partial charge < -0.3 is 4.57 Å². The quantitative estimate of drug-likeness (QED) is 0.647. The Labute approximate surface area is 126 Å². The third kappa shape index (κ3) is 3.69. The first-order valence-corrected chi connectivity index (χ1v) is 8.60. The van der Waals surface area contributed by atoms with Gasteiger partial charge in [-0.15, -0.1) is 11.6 Å². The van der Waals surface area contributed by atoms with Crippen LogP contribution in [0.15, 0.2) is 12.1 Å². The largest absolute Gasteiger partial charge is 0.324 e. The summed E-state index contributed by atoms with van der Waals surface area (Å²) in [6.45, 7) is 0.471. The van der Waals surface area contributed by atoms with Crippen LogP contribution in [0.25, 0.3) is 11.0 Å². The maximum Gasteiger partial charge on any atom is 0.208 e. The molecule has 0 spiro atoms. The number of nitrogens with zero attached hydrogens (tertiary/aromatic N) is 2. The van der Waals surface area contributed by atoms with Crippen LogP contribution in [0.3, 0.4) is 0 Å². The van der Waals surface area contributed by atoms with Crippen LogP contribution in [-0.2, 0) is 22.4 Å². The summed E-state index contributed by atoms with van der Waals surface area (Å²) < 4.78 is 53.0. The lowest BCUT2D eigenvalue weighted by Crippen LogP contribution is -2.24. The van der Waals surface area contributed by atoms with Crippen molar-refractivity contribution < 1.29 is 17.2 Å². The molecule has 0 atom stereocenters. The Hall–Kier alpha value is -1.25. The SMILES string of the molecule is CS(=O)(=O)NCCCn1c(CCl)nc2ccc(F)c(F)c21. The molecule has 1 N–H and O–H groups in total. The lowest BCUT2D eigenvalue weighted by molar-refractivity contribution is 0.508. The smallest absolute Gasteiger partial charge is 0.208 e. The number of aromatic nitrogens is 2. The first-order chi connectivity index (χ1) is 9.83. The number of benzene rings is 1. The van der Waals surface area contributed by atoms with E-state index in [1.165, 1.54) is 10.6 Å². The molecular formula is C12H14ClF2N3O2S. The minimum atomic E-state index is -3.27. The summed E-state index contributed by atoms with van der Waals surface area (Å²) in [6.07, 6.45) is 1.46. The normalized spacial score (nSPS) is 12.2. The zero-order valence-electron chi connectivity index (χ0n) is 11.2. The molecule has 21 heavy (non-hydrogen) atoms. The maximum atomic E-state index is 13.9. The Morgan fingerprint density at radius 3 is 2.71 bits per heavy atom. The highest BCUT2D eigenvalue weighted by atomic mass is 35.5. The van der Waals surface area contributed by atoms with Gasteiger partial charge in [0, 0.05) is 13.1 Å². The van der Waals surface area contributed by atoms with Crippen LogP contribution in [0.4, 0.5) is 8.78 Å². The van der Waals surface area contributed by atoms with Crippen LogP contribution in [0, 0.1) is 11.6 Å². The molecule has 1 aromatic heterocycles. The van der Waals surface area contributed by atoms with Crippen molar-refractivity contribution in [3.8, 4) is 0 Å². The van der Waals surface area contributed by atoms with Gasteiger partial charge in [-0.25, -0.2) is 26.9 Å². The molecule has 0 aliphatic carbocycles.